The number of hydrogen-bond donors (Lipinski definition) is 2. The van der Waals surface area contributed by atoms with Crippen molar-refractivity contribution < 1.29 is 4.79 Å². The van der Waals surface area contributed by atoms with Crippen molar-refractivity contribution in [3.63, 3.8) is 0 Å². The van der Waals surface area contributed by atoms with Crippen LogP contribution in [0, 0.1) is 5.92 Å². The average molecular weight is 241 g/mol. The Morgan fingerprint density at radius 1 is 1.50 bits per heavy atom. The van der Waals surface area contributed by atoms with E-state index < -0.39 is 0 Å². The van der Waals surface area contributed by atoms with Gasteiger partial charge in [-0.1, -0.05) is 20.8 Å². The number of amides is 1. The van der Waals surface area contributed by atoms with Crippen LogP contribution in [0.2, 0.25) is 0 Å². The SMILES string of the molecule is CNCC(C)C(=O)Nc1nc(C(C)C)cs1. The average Bonchev–Trinajstić information content (AvgIpc) is 2.66. The molecule has 0 aliphatic carbocycles. The van der Waals surface area contributed by atoms with Gasteiger partial charge in [-0.15, -0.1) is 11.3 Å². The molecule has 0 radical (unpaired) electrons. The summed E-state index contributed by atoms with van der Waals surface area (Å²) in [5, 5.41) is 8.49. The highest BCUT2D eigenvalue weighted by Crippen LogP contribution is 2.21. The standard InChI is InChI=1S/C11H19N3OS/c1-7(2)9-6-16-11(13-9)14-10(15)8(3)5-12-4/h6-8,12H,5H2,1-4H3,(H,13,14,15). The number of nitrogens with zero attached hydrogens (tertiary/aromatic N) is 1. The first-order valence-corrected chi connectivity index (χ1v) is 6.33. The van der Waals surface area contributed by atoms with Gasteiger partial charge in [-0.3, -0.25) is 4.79 Å². The molecule has 1 unspecified atom stereocenters. The molecule has 0 saturated carbocycles. The number of aromatic nitrogens is 1. The van der Waals surface area contributed by atoms with Gasteiger partial charge in [0.15, 0.2) is 5.13 Å². The lowest BCUT2D eigenvalue weighted by molar-refractivity contribution is -0.119. The summed E-state index contributed by atoms with van der Waals surface area (Å²) < 4.78 is 0. The molecule has 16 heavy (non-hydrogen) atoms. The van der Waals surface area contributed by atoms with Crippen LogP contribution in [-0.4, -0.2) is 24.5 Å². The minimum atomic E-state index is -0.0450. The van der Waals surface area contributed by atoms with Crippen LogP contribution >= 0.6 is 11.3 Å². The van der Waals surface area contributed by atoms with Crippen molar-refractivity contribution in [1.29, 1.82) is 0 Å². The van der Waals surface area contributed by atoms with Crippen LogP contribution in [0.25, 0.3) is 0 Å². The van der Waals surface area contributed by atoms with Gasteiger partial charge in [-0.2, -0.15) is 0 Å². The van der Waals surface area contributed by atoms with Crippen LogP contribution in [0.4, 0.5) is 5.13 Å². The number of rotatable bonds is 5. The molecule has 1 rings (SSSR count). The molecule has 1 aromatic heterocycles. The molecule has 0 aliphatic rings. The van der Waals surface area contributed by atoms with E-state index in [0.717, 1.165) is 5.69 Å². The summed E-state index contributed by atoms with van der Waals surface area (Å²) >= 11 is 1.48. The Balaban J connectivity index is 2.56. The van der Waals surface area contributed by atoms with Crippen LogP contribution < -0.4 is 10.6 Å². The normalized spacial score (nSPS) is 12.8. The Morgan fingerprint density at radius 3 is 2.69 bits per heavy atom. The van der Waals surface area contributed by atoms with E-state index in [1.165, 1.54) is 11.3 Å². The number of carbonyl (C=O) groups excluding carboxylic acids is 1. The van der Waals surface area contributed by atoms with Crippen molar-refractivity contribution in [1.82, 2.24) is 10.3 Å². The van der Waals surface area contributed by atoms with E-state index in [1.54, 1.807) is 0 Å². The first kappa shape index (κ1) is 13.1. The van der Waals surface area contributed by atoms with Gasteiger partial charge in [0.1, 0.15) is 0 Å². The fraction of sp³-hybridized carbons (Fsp3) is 0.636. The van der Waals surface area contributed by atoms with E-state index in [-0.39, 0.29) is 11.8 Å². The van der Waals surface area contributed by atoms with Gasteiger partial charge in [-0.05, 0) is 13.0 Å². The third-order valence-electron chi connectivity index (χ3n) is 2.30. The quantitative estimate of drug-likeness (QED) is 0.829. The molecule has 5 heteroatoms. The maximum absolute atomic E-state index is 11.7. The summed E-state index contributed by atoms with van der Waals surface area (Å²) in [4.78, 5) is 16.1. The fourth-order valence-electron chi connectivity index (χ4n) is 1.24. The molecule has 90 valence electrons. The molecule has 0 bridgehead atoms. The third-order valence-corrected chi connectivity index (χ3v) is 3.08. The number of nitrogens with one attached hydrogen (secondary N) is 2. The monoisotopic (exact) mass is 241 g/mol. The Bertz CT molecular complexity index is 349. The molecule has 1 amide bonds. The van der Waals surface area contributed by atoms with Crippen molar-refractivity contribution in [2.45, 2.75) is 26.7 Å². The maximum Gasteiger partial charge on any atom is 0.230 e. The Hall–Kier alpha value is -0.940. The summed E-state index contributed by atoms with van der Waals surface area (Å²) in [6.45, 7) is 6.74. The first-order chi connectivity index (χ1) is 7.54. The van der Waals surface area contributed by atoms with Gasteiger partial charge < -0.3 is 10.6 Å². The Labute approximate surface area is 100 Å². The summed E-state index contributed by atoms with van der Waals surface area (Å²) in [6.07, 6.45) is 0. The van der Waals surface area contributed by atoms with Crippen LogP contribution in [-0.2, 0) is 4.79 Å². The largest absolute Gasteiger partial charge is 0.319 e. The van der Waals surface area contributed by atoms with Crippen molar-refractivity contribution in [2.75, 3.05) is 18.9 Å². The van der Waals surface area contributed by atoms with Crippen molar-refractivity contribution in [3.05, 3.63) is 11.1 Å². The zero-order valence-corrected chi connectivity index (χ0v) is 11.0. The zero-order valence-electron chi connectivity index (χ0n) is 10.2. The summed E-state index contributed by atoms with van der Waals surface area (Å²) in [5.41, 5.74) is 1.03. The van der Waals surface area contributed by atoms with Gasteiger partial charge in [0, 0.05) is 17.8 Å². The molecule has 2 N–H and O–H groups in total. The molecule has 1 atom stereocenters. The van der Waals surface area contributed by atoms with Gasteiger partial charge in [0.25, 0.3) is 0 Å². The molecular formula is C11H19N3OS. The molecule has 1 heterocycles. The maximum atomic E-state index is 11.7. The smallest absolute Gasteiger partial charge is 0.230 e. The molecule has 1 aromatic rings. The van der Waals surface area contributed by atoms with Crippen LogP contribution in [0.5, 0.6) is 0 Å². The van der Waals surface area contributed by atoms with E-state index in [4.69, 9.17) is 0 Å². The number of carbonyl (C=O) groups is 1. The van der Waals surface area contributed by atoms with Crippen LogP contribution in [0.15, 0.2) is 5.38 Å². The van der Waals surface area contributed by atoms with E-state index in [2.05, 4.69) is 29.5 Å². The lowest BCUT2D eigenvalue weighted by atomic mass is 10.1. The lowest BCUT2D eigenvalue weighted by Crippen LogP contribution is -2.28. The van der Waals surface area contributed by atoms with E-state index in [9.17, 15) is 4.79 Å². The molecule has 0 aliphatic heterocycles. The molecule has 4 nitrogen and oxygen atoms in total. The van der Waals surface area contributed by atoms with Gasteiger partial charge in [0.05, 0.1) is 5.69 Å². The highest BCUT2D eigenvalue weighted by atomic mass is 32.1. The van der Waals surface area contributed by atoms with Crippen LogP contribution in [0.3, 0.4) is 0 Å². The minimum Gasteiger partial charge on any atom is -0.319 e. The van der Waals surface area contributed by atoms with E-state index in [0.29, 0.717) is 17.6 Å². The predicted molar refractivity (Wildman–Crippen MR) is 67.9 cm³/mol. The predicted octanol–water partition coefficient (Wildman–Crippen LogP) is 2.06. The van der Waals surface area contributed by atoms with Gasteiger partial charge >= 0.3 is 0 Å². The first-order valence-electron chi connectivity index (χ1n) is 5.45. The fourth-order valence-corrected chi connectivity index (χ4v) is 2.11. The molecular weight excluding hydrogens is 222 g/mol. The van der Waals surface area contributed by atoms with E-state index >= 15 is 0 Å². The van der Waals surface area contributed by atoms with Crippen molar-refractivity contribution in [3.8, 4) is 0 Å². The lowest BCUT2D eigenvalue weighted by Gasteiger charge is -2.09. The summed E-state index contributed by atoms with van der Waals surface area (Å²) in [5.74, 6) is 0.368. The second-order valence-corrected chi connectivity index (χ2v) is 5.04. The third kappa shape index (κ3) is 3.57. The Morgan fingerprint density at radius 2 is 2.19 bits per heavy atom. The molecule has 0 aromatic carbocycles. The zero-order chi connectivity index (χ0) is 12.1. The van der Waals surface area contributed by atoms with Crippen molar-refractivity contribution in [2.24, 2.45) is 5.92 Å². The summed E-state index contributed by atoms with van der Waals surface area (Å²) in [6, 6.07) is 0. The molecule has 0 fully saturated rings. The van der Waals surface area contributed by atoms with Gasteiger partial charge in [0.2, 0.25) is 5.91 Å². The minimum absolute atomic E-state index is 0.0130. The highest BCUT2D eigenvalue weighted by molar-refractivity contribution is 7.13. The topological polar surface area (TPSA) is 54.0 Å². The van der Waals surface area contributed by atoms with Gasteiger partial charge in [-0.25, -0.2) is 4.98 Å². The van der Waals surface area contributed by atoms with Crippen molar-refractivity contribution >= 4 is 22.4 Å². The molecule has 0 spiro atoms. The summed E-state index contributed by atoms with van der Waals surface area (Å²) in [7, 11) is 1.84. The molecule has 0 saturated heterocycles. The second kappa shape index (κ2) is 5.96. The number of thiazole rings is 1. The highest BCUT2D eigenvalue weighted by Gasteiger charge is 2.14. The number of anilines is 1. The number of hydrogen-bond acceptors (Lipinski definition) is 4. The Kier molecular flexibility index (Phi) is 4.89. The van der Waals surface area contributed by atoms with E-state index in [1.807, 2.05) is 19.4 Å². The second-order valence-electron chi connectivity index (χ2n) is 4.18. The van der Waals surface area contributed by atoms with Crippen LogP contribution in [0.1, 0.15) is 32.4 Å².